The molecule has 0 aromatic heterocycles. The highest BCUT2D eigenvalue weighted by molar-refractivity contribution is 8.07. The van der Waals surface area contributed by atoms with Crippen LogP contribution in [0.2, 0.25) is 0 Å². The van der Waals surface area contributed by atoms with Gasteiger partial charge < -0.3 is 5.32 Å². The quantitative estimate of drug-likeness (QED) is 0.784. The molecule has 104 valence electrons. The van der Waals surface area contributed by atoms with E-state index in [0.29, 0.717) is 6.04 Å². The maximum absolute atomic E-state index is 3.62. The van der Waals surface area contributed by atoms with Crippen LogP contribution < -0.4 is 5.32 Å². The summed E-state index contributed by atoms with van der Waals surface area (Å²) in [5.41, 5.74) is 1.70. The number of nitrogens with one attached hydrogen (secondary N) is 1. The van der Waals surface area contributed by atoms with Gasteiger partial charge in [-0.25, -0.2) is 0 Å². The lowest BCUT2D eigenvalue weighted by molar-refractivity contribution is 0.542. The SMILES string of the molecule is CNC(C1=CCCCCCC1)C1SCCSC1C. The molecule has 1 N–H and O–H groups in total. The van der Waals surface area contributed by atoms with Crippen molar-refractivity contribution < 1.29 is 0 Å². The van der Waals surface area contributed by atoms with E-state index in [0.717, 1.165) is 10.5 Å². The van der Waals surface area contributed by atoms with Crippen molar-refractivity contribution in [2.45, 2.75) is 62.0 Å². The second-order valence-electron chi connectivity index (χ2n) is 5.41. The van der Waals surface area contributed by atoms with Crippen molar-refractivity contribution in [2.75, 3.05) is 18.6 Å². The lowest BCUT2D eigenvalue weighted by atomic mass is 9.92. The zero-order valence-electron chi connectivity index (χ0n) is 11.8. The Morgan fingerprint density at radius 1 is 1.17 bits per heavy atom. The highest BCUT2D eigenvalue weighted by atomic mass is 32.2. The molecule has 0 spiro atoms. The smallest absolute Gasteiger partial charge is 0.0407 e. The fourth-order valence-electron chi connectivity index (χ4n) is 3.08. The van der Waals surface area contributed by atoms with Crippen molar-refractivity contribution in [1.82, 2.24) is 5.32 Å². The number of hydrogen-bond acceptors (Lipinski definition) is 3. The van der Waals surface area contributed by atoms with Crippen molar-refractivity contribution in [2.24, 2.45) is 0 Å². The molecule has 0 bridgehead atoms. The van der Waals surface area contributed by atoms with Gasteiger partial charge in [0, 0.05) is 28.0 Å². The highest BCUT2D eigenvalue weighted by Crippen LogP contribution is 2.36. The molecule has 1 aliphatic heterocycles. The van der Waals surface area contributed by atoms with Crippen molar-refractivity contribution in [3.63, 3.8) is 0 Å². The van der Waals surface area contributed by atoms with Gasteiger partial charge in [-0.3, -0.25) is 0 Å². The van der Waals surface area contributed by atoms with E-state index >= 15 is 0 Å². The fraction of sp³-hybridized carbons (Fsp3) is 0.867. The lowest BCUT2D eigenvalue weighted by Gasteiger charge is -2.36. The molecule has 0 aromatic rings. The van der Waals surface area contributed by atoms with Crippen LogP contribution in [0.5, 0.6) is 0 Å². The van der Waals surface area contributed by atoms with Crippen LogP contribution in [-0.4, -0.2) is 35.1 Å². The van der Waals surface area contributed by atoms with Crippen LogP contribution in [-0.2, 0) is 0 Å². The second-order valence-corrected chi connectivity index (χ2v) is 8.18. The van der Waals surface area contributed by atoms with Crippen LogP contribution in [0.15, 0.2) is 11.6 Å². The third-order valence-electron chi connectivity index (χ3n) is 4.10. The predicted molar refractivity (Wildman–Crippen MR) is 86.8 cm³/mol. The Balaban J connectivity index is 2.05. The van der Waals surface area contributed by atoms with Gasteiger partial charge in [0.25, 0.3) is 0 Å². The van der Waals surface area contributed by atoms with Gasteiger partial charge in [0.2, 0.25) is 0 Å². The highest BCUT2D eigenvalue weighted by Gasteiger charge is 2.31. The molecule has 2 aliphatic rings. The Bertz CT molecular complexity index is 278. The van der Waals surface area contributed by atoms with Gasteiger partial charge in [0.1, 0.15) is 0 Å². The average molecular weight is 286 g/mol. The number of allylic oxidation sites excluding steroid dienone is 1. The summed E-state index contributed by atoms with van der Waals surface area (Å²) in [7, 11) is 2.15. The molecule has 18 heavy (non-hydrogen) atoms. The van der Waals surface area contributed by atoms with E-state index in [1.54, 1.807) is 5.57 Å². The standard InChI is InChI=1S/C15H27NS2/c1-12-15(18-11-10-17-12)14(16-2)13-8-6-4-3-5-7-9-13/h8,12,14-16H,3-7,9-11H2,1-2H3. The van der Waals surface area contributed by atoms with Crippen LogP contribution in [0.3, 0.4) is 0 Å². The molecular weight excluding hydrogens is 258 g/mol. The van der Waals surface area contributed by atoms with Crippen molar-refractivity contribution in [3.8, 4) is 0 Å². The zero-order chi connectivity index (χ0) is 12.8. The molecule has 2 rings (SSSR count). The van der Waals surface area contributed by atoms with E-state index in [4.69, 9.17) is 0 Å². The predicted octanol–water partition coefficient (Wildman–Crippen LogP) is 4.09. The number of thioether (sulfide) groups is 2. The Morgan fingerprint density at radius 2 is 1.94 bits per heavy atom. The molecule has 1 saturated heterocycles. The van der Waals surface area contributed by atoms with Crippen LogP contribution in [0, 0.1) is 0 Å². The van der Waals surface area contributed by atoms with Gasteiger partial charge in [0.05, 0.1) is 0 Å². The first-order valence-corrected chi connectivity index (χ1v) is 9.52. The molecule has 0 radical (unpaired) electrons. The molecule has 3 unspecified atom stereocenters. The first-order chi connectivity index (χ1) is 8.83. The van der Waals surface area contributed by atoms with Gasteiger partial charge in [-0.2, -0.15) is 23.5 Å². The maximum Gasteiger partial charge on any atom is 0.0407 e. The number of likely N-dealkylation sites (N-methyl/N-ethyl adjacent to an activating group) is 1. The molecule has 1 nitrogen and oxygen atoms in total. The molecule has 0 amide bonds. The minimum Gasteiger partial charge on any atom is -0.312 e. The summed E-state index contributed by atoms with van der Waals surface area (Å²) in [6.07, 6.45) is 10.8. The third kappa shape index (κ3) is 3.94. The Labute approximate surface area is 121 Å². The largest absolute Gasteiger partial charge is 0.312 e. The summed E-state index contributed by atoms with van der Waals surface area (Å²) in [5.74, 6) is 2.66. The van der Waals surface area contributed by atoms with E-state index in [9.17, 15) is 0 Å². The summed E-state index contributed by atoms with van der Waals surface area (Å²) < 4.78 is 0. The zero-order valence-corrected chi connectivity index (χ0v) is 13.4. The molecule has 1 heterocycles. The molecule has 1 fully saturated rings. The first kappa shape index (κ1) is 14.8. The normalized spacial score (nSPS) is 32.2. The summed E-state index contributed by atoms with van der Waals surface area (Å²) in [5, 5.41) is 5.17. The minimum absolute atomic E-state index is 0.607. The lowest BCUT2D eigenvalue weighted by Crippen LogP contribution is -2.44. The number of hydrogen-bond donors (Lipinski definition) is 1. The van der Waals surface area contributed by atoms with Gasteiger partial charge >= 0.3 is 0 Å². The fourth-order valence-corrected chi connectivity index (χ4v) is 6.08. The third-order valence-corrected chi connectivity index (χ3v) is 7.30. The van der Waals surface area contributed by atoms with E-state index in [2.05, 4.69) is 48.9 Å². The number of rotatable bonds is 3. The van der Waals surface area contributed by atoms with E-state index in [1.165, 1.54) is 50.0 Å². The molecule has 1 aliphatic carbocycles. The molecular formula is C15H27NS2. The van der Waals surface area contributed by atoms with Crippen LogP contribution in [0.1, 0.15) is 45.4 Å². The van der Waals surface area contributed by atoms with Crippen molar-refractivity contribution in [1.29, 1.82) is 0 Å². The van der Waals surface area contributed by atoms with Crippen LogP contribution in [0.4, 0.5) is 0 Å². The minimum atomic E-state index is 0.607. The topological polar surface area (TPSA) is 12.0 Å². The molecule has 0 saturated carbocycles. The molecule has 0 aromatic carbocycles. The van der Waals surface area contributed by atoms with Gasteiger partial charge in [-0.05, 0) is 32.7 Å². The summed E-state index contributed by atoms with van der Waals surface area (Å²) in [4.78, 5) is 0. The van der Waals surface area contributed by atoms with Crippen LogP contribution in [0.25, 0.3) is 0 Å². The van der Waals surface area contributed by atoms with Crippen molar-refractivity contribution in [3.05, 3.63) is 11.6 Å². The molecule has 3 atom stereocenters. The monoisotopic (exact) mass is 285 g/mol. The average Bonchev–Trinajstić information content (AvgIpc) is 2.34. The van der Waals surface area contributed by atoms with Crippen molar-refractivity contribution >= 4 is 23.5 Å². The van der Waals surface area contributed by atoms with Crippen LogP contribution >= 0.6 is 23.5 Å². The van der Waals surface area contributed by atoms with E-state index in [1.807, 2.05) is 0 Å². The van der Waals surface area contributed by atoms with Gasteiger partial charge in [-0.15, -0.1) is 0 Å². The van der Waals surface area contributed by atoms with Gasteiger partial charge in [-0.1, -0.05) is 31.4 Å². The van der Waals surface area contributed by atoms with E-state index in [-0.39, 0.29) is 0 Å². The molecule has 3 heteroatoms. The summed E-state index contributed by atoms with van der Waals surface area (Å²) >= 11 is 4.34. The maximum atomic E-state index is 3.62. The summed E-state index contributed by atoms with van der Waals surface area (Å²) in [6.45, 7) is 2.41. The van der Waals surface area contributed by atoms with Gasteiger partial charge in [0.15, 0.2) is 0 Å². The second kappa shape index (κ2) is 7.86. The Morgan fingerprint density at radius 3 is 2.72 bits per heavy atom. The Kier molecular flexibility index (Phi) is 6.46. The Hall–Kier alpha value is 0.400. The summed E-state index contributed by atoms with van der Waals surface area (Å²) in [6, 6.07) is 0.607. The first-order valence-electron chi connectivity index (χ1n) is 7.42. The van der Waals surface area contributed by atoms with E-state index < -0.39 is 0 Å².